The van der Waals surface area contributed by atoms with Gasteiger partial charge < -0.3 is 0 Å². The van der Waals surface area contributed by atoms with Crippen molar-refractivity contribution in [1.82, 2.24) is 0 Å². The van der Waals surface area contributed by atoms with E-state index in [9.17, 15) is 8.42 Å². The fraction of sp³-hybridized carbons (Fsp3) is 0.391. The van der Waals surface area contributed by atoms with Crippen molar-refractivity contribution in [2.75, 3.05) is 0 Å². The first-order valence-corrected chi connectivity index (χ1v) is 13.1. The van der Waals surface area contributed by atoms with Crippen molar-refractivity contribution in [3.8, 4) is 0 Å². The van der Waals surface area contributed by atoms with Gasteiger partial charge in [0, 0.05) is 0 Å². The van der Waals surface area contributed by atoms with Crippen molar-refractivity contribution >= 4 is 29.5 Å². The van der Waals surface area contributed by atoms with Gasteiger partial charge in [-0.1, -0.05) is 0 Å². The zero-order valence-electron chi connectivity index (χ0n) is 16.8. The van der Waals surface area contributed by atoms with E-state index in [1.165, 1.54) is 32.1 Å². The van der Waals surface area contributed by atoms with E-state index < -0.39 is 10.1 Å². The summed E-state index contributed by atoms with van der Waals surface area (Å²) < 4.78 is 32.6. The second kappa shape index (κ2) is 12.1. The number of allylic oxidation sites excluding steroid dienone is 1. The van der Waals surface area contributed by atoms with Crippen molar-refractivity contribution < 1.29 is 12.6 Å². The molecule has 2 rings (SSSR count). The Hall–Kier alpha value is -1.55. The molecule has 0 N–H and O–H groups in total. The summed E-state index contributed by atoms with van der Waals surface area (Å²) in [6.45, 7) is 4.15. The predicted octanol–water partition coefficient (Wildman–Crippen LogP) is 5.32. The van der Waals surface area contributed by atoms with Crippen molar-refractivity contribution in [3.63, 3.8) is 0 Å². The van der Waals surface area contributed by atoms with E-state index in [0.29, 0.717) is 4.66 Å². The van der Waals surface area contributed by atoms with Crippen molar-refractivity contribution in [1.29, 1.82) is 0 Å². The fourth-order valence-electron chi connectivity index (χ4n) is 2.70. The van der Waals surface area contributed by atoms with Gasteiger partial charge in [-0.2, -0.15) is 0 Å². The number of rotatable bonds is 12. The molecule has 0 atom stereocenters. The Kier molecular flexibility index (Phi) is 9.83. The van der Waals surface area contributed by atoms with Gasteiger partial charge in [-0.3, -0.25) is 0 Å². The predicted molar refractivity (Wildman–Crippen MR) is 117 cm³/mol. The zero-order valence-corrected chi connectivity index (χ0v) is 19.3. The SMILES string of the molecule is CCCCCCCC/C=C(/OS(=O)(=O)c1ccc(C)cc1)[Se]c1ccccc1. The van der Waals surface area contributed by atoms with Gasteiger partial charge in [-0.05, 0) is 0 Å². The Balaban J connectivity index is 2.04. The van der Waals surface area contributed by atoms with Crippen LogP contribution in [0.2, 0.25) is 0 Å². The molecule has 0 bridgehead atoms. The first-order valence-electron chi connectivity index (χ1n) is 9.95. The molecular weight excluding hydrogens is 435 g/mol. The van der Waals surface area contributed by atoms with Crippen LogP contribution in [0.15, 0.2) is 70.2 Å². The fourth-order valence-corrected chi connectivity index (χ4v) is 5.89. The summed E-state index contributed by atoms with van der Waals surface area (Å²) >= 11 is -0.179. The summed E-state index contributed by atoms with van der Waals surface area (Å²) in [7, 11) is -3.80. The Labute approximate surface area is 176 Å². The number of hydrogen-bond donors (Lipinski definition) is 0. The molecule has 0 unspecified atom stereocenters. The van der Waals surface area contributed by atoms with Crippen LogP contribution in [-0.4, -0.2) is 23.4 Å². The summed E-state index contributed by atoms with van der Waals surface area (Å²) in [4.78, 5) is 0.201. The summed E-state index contributed by atoms with van der Waals surface area (Å²) in [6.07, 6.45) is 10.1. The molecular formula is C23H30O3SSe. The average Bonchev–Trinajstić information content (AvgIpc) is 2.68. The maximum absolute atomic E-state index is 12.7. The van der Waals surface area contributed by atoms with E-state index in [1.807, 2.05) is 43.3 Å². The second-order valence-corrected chi connectivity index (χ2v) is 10.7. The minimum absolute atomic E-state index is 0.179. The molecule has 0 aliphatic carbocycles. The van der Waals surface area contributed by atoms with Gasteiger partial charge in [0.15, 0.2) is 0 Å². The van der Waals surface area contributed by atoms with Crippen molar-refractivity contribution in [3.05, 3.63) is 70.9 Å². The van der Waals surface area contributed by atoms with E-state index >= 15 is 0 Å². The first kappa shape index (κ1) is 22.7. The molecule has 0 saturated carbocycles. The summed E-state index contributed by atoms with van der Waals surface area (Å²) in [5, 5.41) is 0. The van der Waals surface area contributed by atoms with Crippen LogP contribution in [0, 0.1) is 6.92 Å². The van der Waals surface area contributed by atoms with E-state index in [2.05, 4.69) is 6.92 Å². The Morgan fingerprint density at radius 1 is 0.929 bits per heavy atom. The Bertz CT molecular complexity index is 828. The topological polar surface area (TPSA) is 43.4 Å². The monoisotopic (exact) mass is 466 g/mol. The van der Waals surface area contributed by atoms with Crippen LogP contribution in [0.5, 0.6) is 0 Å². The quantitative estimate of drug-likeness (QED) is 0.184. The van der Waals surface area contributed by atoms with Gasteiger partial charge in [0.05, 0.1) is 0 Å². The maximum atomic E-state index is 12.7. The van der Waals surface area contributed by atoms with Gasteiger partial charge in [0.2, 0.25) is 0 Å². The Morgan fingerprint density at radius 3 is 2.25 bits per heavy atom. The van der Waals surface area contributed by atoms with Crippen molar-refractivity contribution in [2.45, 2.75) is 63.7 Å². The number of aryl methyl sites for hydroxylation is 1. The molecule has 0 spiro atoms. The molecule has 0 heterocycles. The molecule has 0 saturated heterocycles. The molecule has 28 heavy (non-hydrogen) atoms. The molecule has 0 amide bonds. The van der Waals surface area contributed by atoms with Gasteiger partial charge >= 0.3 is 177 Å². The first-order chi connectivity index (χ1) is 13.5. The van der Waals surface area contributed by atoms with Crippen LogP contribution in [0.25, 0.3) is 0 Å². The minimum atomic E-state index is -3.80. The molecule has 0 aromatic heterocycles. The van der Waals surface area contributed by atoms with Gasteiger partial charge in [-0.15, -0.1) is 0 Å². The van der Waals surface area contributed by atoms with E-state index in [-0.39, 0.29) is 19.9 Å². The standard InChI is InChI=1S/C23H30O3SSe/c1-3-4-5-6-7-8-12-15-23(28-22-13-10-9-11-14-22)26-27(24,25)21-18-16-20(2)17-19-21/h9-11,13-19H,3-8,12H2,1-2H3/b23-15-. The van der Waals surface area contributed by atoms with Crippen LogP contribution in [0.1, 0.15) is 57.4 Å². The van der Waals surface area contributed by atoms with Crippen LogP contribution < -0.4 is 4.46 Å². The van der Waals surface area contributed by atoms with Crippen LogP contribution in [0.3, 0.4) is 0 Å². The van der Waals surface area contributed by atoms with E-state index in [1.54, 1.807) is 24.3 Å². The average molecular weight is 466 g/mol. The molecule has 152 valence electrons. The molecule has 5 heteroatoms. The van der Waals surface area contributed by atoms with Crippen molar-refractivity contribution in [2.24, 2.45) is 0 Å². The molecule has 0 aliphatic heterocycles. The molecule has 3 nitrogen and oxygen atoms in total. The summed E-state index contributed by atoms with van der Waals surface area (Å²) in [6, 6.07) is 16.7. The van der Waals surface area contributed by atoms with Gasteiger partial charge in [-0.25, -0.2) is 0 Å². The molecule has 0 fully saturated rings. The zero-order chi connectivity index (χ0) is 20.2. The number of unbranched alkanes of at least 4 members (excludes halogenated alkanes) is 6. The molecule has 2 aromatic rings. The third-order valence-corrected chi connectivity index (χ3v) is 7.83. The third kappa shape index (κ3) is 8.22. The van der Waals surface area contributed by atoms with Gasteiger partial charge in [0.25, 0.3) is 0 Å². The second-order valence-electron chi connectivity index (χ2n) is 6.85. The Morgan fingerprint density at radius 2 is 1.57 bits per heavy atom. The number of benzene rings is 2. The van der Waals surface area contributed by atoms with Crippen LogP contribution in [-0.2, 0) is 14.3 Å². The normalized spacial score (nSPS) is 12.1. The molecule has 2 aromatic carbocycles. The van der Waals surface area contributed by atoms with Crippen LogP contribution >= 0.6 is 0 Å². The van der Waals surface area contributed by atoms with E-state index in [0.717, 1.165) is 22.9 Å². The van der Waals surface area contributed by atoms with Gasteiger partial charge in [0.1, 0.15) is 0 Å². The number of hydrogen-bond acceptors (Lipinski definition) is 3. The van der Waals surface area contributed by atoms with Crippen LogP contribution in [0.4, 0.5) is 0 Å². The molecule has 0 aliphatic rings. The van der Waals surface area contributed by atoms with E-state index in [4.69, 9.17) is 4.18 Å². The summed E-state index contributed by atoms with van der Waals surface area (Å²) in [5.74, 6) is 0. The third-order valence-electron chi connectivity index (χ3n) is 4.33. The summed E-state index contributed by atoms with van der Waals surface area (Å²) in [5.41, 5.74) is 1.02. The molecule has 0 radical (unpaired) electrons.